The molecule has 1 atom stereocenters. The van der Waals surface area contributed by atoms with E-state index in [2.05, 4.69) is 19.2 Å². The first-order chi connectivity index (χ1) is 7.02. The Morgan fingerprint density at radius 2 is 1.67 bits per heavy atom. The summed E-state index contributed by atoms with van der Waals surface area (Å²) in [6, 6.07) is -0.0708. The molecule has 0 aromatic carbocycles. The minimum Gasteiger partial charge on any atom is -0.352 e. The van der Waals surface area contributed by atoms with Crippen LogP contribution in [0.25, 0.3) is 0 Å². The quantitative estimate of drug-likeness (QED) is 0.681. The van der Waals surface area contributed by atoms with E-state index in [1.165, 1.54) is 0 Å². The van der Waals surface area contributed by atoms with Gasteiger partial charge in [0.05, 0.1) is 6.04 Å². The molecule has 0 radical (unpaired) electrons. The third-order valence-corrected chi connectivity index (χ3v) is 2.64. The fraction of sp³-hybridized carbons (Fsp3) is 0.917. The Bertz CT molecular complexity index is 174. The predicted molar refractivity (Wildman–Crippen MR) is 64.6 cm³/mol. The Labute approximate surface area is 93.8 Å². The lowest BCUT2D eigenvalue weighted by Crippen LogP contribution is -2.47. The Kier molecular flexibility index (Phi) is 7.39. The lowest BCUT2D eigenvalue weighted by molar-refractivity contribution is -0.124. The number of carbonyl (C=O) groups is 1. The standard InChI is InChI=1S/C12H26N2O/c1-5-7-10(8-6-2)14-12(15)11(13)9(3)4/h9-11H,5-8,13H2,1-4H3,(H,14,15)/t11-/m0/s1. The summed E-state index contributed by atoms with van der Waals surface area (Å²) < 4.78 is 0. The summed E-state index contributed by atoms with van der Waals surface area (Å²) in [4.78, 5) is 11.7. The van der Waals surface area contributed by atoms with Crippen LogP contribution < -0.4 is 11.1 Å². The van der Waals surface area contributed by atoms with Crippen molar-refractivity contribution < 1.29 is 4.79 Å². The molecular weight excluding hydrogens is 188 g/mol. The first-order valence-electron chi connectivity index (χ1n) is 6.08. The van der Waals surface area contributed by atoms with Crippen molar-refractivity contribution in [2.45, 2.75) is 65.5 Å². The zero-order valence-corrected chi connectivity index (χ0v) is 10.5. The molecule has 0 spiro atoms. The van der Waals surface area contributed by atoms with E-state index in [0.29, 0.717) is 6.04 Å². The van der Waals surface area contributed by atoms with Crippen LogP contribution in [0.5, 0.6) is 0 Å². The number of hydrogen-bond donors (Lipinski definition) is 2. The highest BCUT2D eigenvalue weighted by Gasteiger charge is 2.19. The van der Waals surface area contributed by atoms with Gasteiger partial charge in [0.1, 0.15) is 0 Å². The van der Waals surface area contributed by atoms with Gasteiger partial charge in [-0.2, -0.15) is 0 Å². The Balaban J connectivity index is 4.09. The molecule has 0 heterocycles. The fourth-order valence-electron chi connectivity index (χ4n) is 1.59. The zero-order chi connectivity index (χ0) is 11.8. The van der Waals surface area contributed by atoms with Crippen LogP contribution in [0, 0.1) is 5.92 Å². The summed E-state index contributed by atoms with van der Waals surface area (Å²) in [5.74, 6) is 0.200. The molecule has 0 fully saturated rings. The van der Waals surface area contributed by atoms with Gasteiger partial charge in [-0.15, -0.1) is 0 Å². The van der Waals surface area contributed by atoms with Crippen LogP contribution in [0.2, 0.25) is 0 Å². The largest absolute Gasteiger partial charge is 0.352 e. The molecular formula is C12H26N2O. The van der Waals surface area contributed by atoms with E-state index in [-0.39, 0.29) is 17.9 Å². The van der Waals surface area contributed by atoms with E-state index < -0.39 is 0 Å². The second-order valence-corrected chi connectivity index (χ2v) is 4.55. The molecule has 0 aliphatic carbocycles. The van der Waals surface area contributed by atoms with E-state index in [0.717, 1.165) is 25.7 Å². The van der Waals surface area contributed by atoms with Crippen LogP contribution in [0.4, 0.5) is 0 Å². The minimum atomic E-state index is -0.374. The van der Waals surface area contributed by atoms with Crippen molar-refractivity contribution in [1.29, 1.82) is 0 Å². The average Bonchev–Trinajstić information content (AvgIpc) is 2.17. The van der Waals surface area contributed by atoms with Gasteiger partial charge < -0.3 is 11.1 Å². The molecule has 0 bridgehead atoms. The van der Waals surface area contributed by atoms with E-state index in [1.54, 1.807) is 0 Å². The molecule has 0 saturated carbocycles. The van der Waals surface area contributed by atoms with Crippen molar-refractivity contribution in [3.8, 4) is 0 Å². The van der Waals surface area contributed by atoms with Gasteiger partial charge in [-0.3, -0.25) is 4.79 Å². The highest BCUT2D eigenvalue weighted by molar-refractivity contribution is 5.81. The number of carbonyl (C=O) groups excluding carboxylic acids is 1. The van der Waals surface area contributed by atoms with Crippen molar-refractivity contribution in [1.82, 2.24) is 5.32 Å². The predicted octanol–water partition coefficient (Wildman–Crippen LogP) is 2.05. The Morgan fingerprint density at radius 3 is 2.00 bits per heavy atom. The maximum absolute atomic E-state index is 11.7. The maximum Gasteiger partial charge on any atom is 0.237 e. The molecule has 3 N–H and O–H groups in total. The summed E-state index contributed by atoms with van der Waals surface area (Å²) in [6.07, 6.45) is 4.29. The van der Waals surface area contributed by atoms with Gasteiger partial charge in [-0.1, -0.05) is 40.5 Å². The second kappa shape index (κ2) is 7.69. The SMILES string of the molecule is CCCC(CCC)NC(=O)[C@@H](N)C(C)C. The van der Waals surface area contributed by atoms with Crippen molar-refractivity contribution >= 4 is 5.91 Å². The van der Waals surface area contributed by atoms with Crippen LogP contribution in [0.1, 0.15) is 53.4 Å². The van der Waals surface area contributed by atoms with Gasteiger partial charge in [-0.05, 0) is 18.8 Å². The number of amides is 1. The number of hydrogen-bond acceptors (Lipinski definition) is 2. The topological polar surface area (TPSA) is 55.1 Å². The minimum absolute atomic E-state index is 0.00287. The molecule has 0 saturated heterocycles. The van der Waals surface area contributed by atoms with Crippen LogP contribution >= 0.6 is 0 Å². The number of nitrogens with one attached hydrogen (secondary N) is 1. The van der Waals surface area contributed by atoms with Gasteiger partial charge in [0.2, 0.25) is 5.91 Å². The maximum atomic E-state index is 11.7. The fourth-order valence-corrected chi connectivity index (χ4v) is 1.59. The van der Waals surface area contributed by atoms with E-state index >= 15 is 0 Å². The number of nitrogens with two attached hydrogens (primary N) is 1. The lowest BCUT2D eigenvalue weighted by Gasteiger charge is -2.21. The highest BCUT2D eigenvalue weighted by Crippen LogP contribution is 2.06. The van der Waals surface area contributed by atoms with Gasteiger partial charge in [0.15, 0.2) is 0 Å². The second-order valence-electron chi connectivity index (χ2n) is 4.55. The molecule has 0 aromatic rings. The summed E-state index contributed by atoms with van der Waals surface area (Å²) in [7, 11) is 0. The van der Waals surface area contributed by atoms with Gasteiger partial charge in [0.25, 0.3) is 0 Å². The summed E-state index contributed by atoms with van der Waals surface area (Å²) in [5.41, 5.74) is 5.79. The molecule has 1 amide bonds. The van der Waals surface area contributed by atoms with Crippen LogP contribution in [0.3, 0.4) is 0 Å². The summed E-state index contributed by atoms with van der Waals surface area (Å²) in [5, 5.41) is 3.04. The van der Waals surface area contributed by atoms with E-state index in [4.69, 9.17) is 5.73 Å². The molecule has 3 nitrogen and oxygen atoms in total. The van der Waals surface area contributed by atoms with Crippen LogP contribution in [-0.4, -0.2) is 18.0 Å². The smallest absolute Gasteiger partial charge is 0.237 e. The van der Waals surface area contributed by atoms with Crippen LogP contribution in [-0.2, 0) is 4.79 Å². The average molecular weight is 214 g/mol. The van der Waals surface area contributed by atoms with Gasteiger partial charge >= 0.3 is 0 Å². The van der Waals surface area contributed by atoms with Crippen molar-refractivity contribution in [2.75, 3.05) is 0 Å². The third-order valence-electron chi connectivity index (χ3n) is 2.64. The van der Waals surface area contributed by atoms with Crippen molar-refractivity contribution in [3.05, 3.63) is 0 Å². The molecule has 90 valence electrons. The first-order valence-corrected chi connectivity index (χ1v) is 6.08. The van der Waals surface area contributed by atoms with E-state index in [9.17, 15) is 4.79 Å². The summed E-state index contributed by atoms with van der Waals surface area (Å²) in [6.45, 7) is 8.21. The van der Waals surface area contributed by atoms with Crippen molar-refractivity contribution in [2.24, 2.45) is 11.7 Å². The summed E-state index contributed by atoms with van der Waals surface area (Å²) >= 11 is 0. The Hall–Kier alpha value is -0.570. The molecule has 15 heavy (non-hydrogen) atoms. The molecule has 0 rings (SSSR count). The third kappa shape index (κ3) is 5.78. The van der Waals surface area contributed by atoms with Crippen LogP contribution in [0.15, 0.2) is 0 Å². The Morgan fingerprint density at radius 1 is 1.20 bits per heavy atom. The van der Waals surface area contributed by atoms with Gasteiger partial charge in [-0.25, -0.2) is 0 Å². The van der Waals surface area contributed by atoms with Crippen molar-refractivity contribution in [3.63, 3.8) is 0 Å². The van der Waals surface area contributed by atoms with Gasteiger partial charge in [0, 0.05) is 6.04 Å². The molecule has 0 unspecified atom stereocenters. The van der Waals surface area contributed by atoms with E-state index in [1.807, 2.05) is 13.8 Å². The molecule has 3 heteroatoms. The lowest BCUT2D eigenvalue weighted by atomic mass is 10.0. The molecule has 0 aliphatic rings. The first kappa shape index (κ1) is 14.4. The molecule has 0 aliphatic heterocycles. The highest BCUT2D eigenvalue weighted by atomic mass is 16.2. The normalized spacial score (nSPS) is 13.3. The number of rotatable bonds is 7. The molecule has 0 aromatic heterocycles. The zero-order valence-electron chi connectivity index (χ0n) is 10.5. The monoisotopic (exact) mass is 214 g/mol.